The second-order valence-corrected chi connectivity index (χ2v) is 7.45. The first-order valence-electron chi connectivity index (χ1n) is 9.92. The molecule has 6 heteroatoms. The summed E-state index contributed by atoms with van der Waals surface area (Å²) in [4.78, 5) is 43.0. The van der Waals surface area contributed by atoms with Crippen LogP contribution in [-0.2, 0) is 14.4 Å². The molecule has 1 aromatic rings. The van der Waals surface area contributed by atoms with E-state index in [4.69, 9.17) is 0 Å². The van der Waals surface area contributed by atoms with Gasteiger partial charge >= 0.3 is 0 Å². The Bertz CT molecular complexity index is 691. The van der Waals surface area contributed by atoms with Crippen molar-refractivity contribution in [3.63, 3.8) is 0 Å². The number of rotatable bonds is 4. The Morgan fingerprint density at radius 3 is 2.44 bits per heavy atom. The number of likely N-dealkylation sites (tertiary alicyclic amines) is 1. The van der Waals surface area contributed by atoms with Crippen molar-refractivity contribution in [2.75, 3.05) is 32.7 Å². The van der Waals surface area contributed by atoms with Crippen molar-refractivity contribution in [2.24, 2.45) is 5.92 Å². The standard InChI is InChI=1S/C21H29N3O3/c1-3-19(25)22-10-7-11-23(13-12-22)21(27)18-14-20(26)24(15-18)16(2)17-8-5-4-6-9-17/h4-6,8-9,16,18H,3,7,10-15H2,1-2H3. The fourth-order valence-corrected chi connectivity index (χ4v) is 4.05. The lowest BCUT2D eigenvalue weighted by Crippen LogP contribution is -2.40. The van der Waals surface area contributed by atoms with Crippen LogP contribution in [0, 0.1) is 5.92 Å². The van der Waals surface area contributed by atoms with Crippen molar-refractivity contribution >= 4 is 17.7 Å². The summed E-state index contributed by atoms with van der Waals surface area (Å²) in [7, 11) is 0. The topological polar surface area (TPSA) is 60.9 Å². The number of carbonyl (C=O) groups is 3. The summed E-state index contributed by atoms with van der Waals surface area (Å²) in [5.41, 5.74) is 1.09. The molecular weight excluding hydrogens is 342 g/mol. The molecule has 0 saturated carbocycles. The molecule has 0 N–H and O–H groups in total. The molecule has 0 radical (unpaired) electrons. The van der Waals surface area contributed by atoms with Gasteiger partial charge in [-0.25, -0.2) is 0 Å². The predicted octanol–water partition coefficient (Wildman–Crippen LogP) is 2.07. The van der Waals surface area contributed by atoms with E-state index < -0.39 is 0 Å². The van der Waals surface area contributed by atoms with Crippen LogP contribution in [0.2, 0.25) is 0 Å². The Morgan fingerprint density at radius 1 is 1.07 bits per heavy atom. The highest BCUT2D eigenvalue weighted by Gasteiger charge is 2.39. The molecule has 2 aliphatic rings. The van der Waals surface area contributed by atoms with Crippen molar-refractivity contribution in [2.45, 2.75) is 39.2 Å². The van der Waals surface area contributed by atoms with Gasteiger partial charge in [-0.05, 0) is 18.9 Å². The first-order chi connectivity index (χ1) is 13.0. The first kappa shape index (κ1) is 19.4. The van der Waals surface area contributed by atoms with E-state index in [2.05, 4.69) is 0 Å². The van der Waals surface area contributed by atoms with Crippen LogP contribution < -0.4 is 0 Å². The van der Waals surface area contributed by atoms with Gasteiger partial charge in [-0.15, -0.1) is 0 Å². The largest absolute Gasteiger partial charge is 0.341 e. The zero-order chi connectivity index (χ0) is 19.4. The molecule has 3 amide bonds. The zero-order valence-electron chi connectivity index (χ0n) is 16.3. The monoisotopic (exact) mass is 371 g/mol. The van der Waals surface area contributed by atoms with Crippen molar-refractivity contribution in [3.05, 3.63) is 35.9 Å². The van der Waals surface area contributed by atoms with E-state index in [1.807, 2.05) is 58.9 Å². The fourth-order valence-electron chi connectivity index (χ4n) is 4.05. The van der Waals surface area contributed by atoms with Gasteiger partial charge < -0.3 is 14.7 Å². The molecule has 2 atom stereocenters. The van der Waals surface area contributed by atoms with E-state index in [9.17, 15) is 14.4 Å². The van der Waals surface area contributed by atoms with Gasteiger partial charge in [-0.3, -0.25) is 14.4 Å². The third kappa shape index (κ3) is 4.31. The van der Waals surface area contributed by atoms with Crippen LogP contribution in [0.1, 0.15) is 44.7 Å². The van der Waals surface area contributed by atoms with Crippen LogP contribution in [0.25, 0.3) is 0 Å². The van der Waals surface area contributed by atoms with Gasteiger partial charge in [0.1, 0.15) is 0 Å². The van der Waals surface area contributed by atoms with E-state index >= 15 is 0 Å². The molecule has 0 aromatic heterocycles. The SMILES string of the molecule is CCC(=O)N1CCCN(C(=O)C2CC(=O)N(C(C)c3ccccc3)C2)CC1. The summed E-state index contributed by atoms with van der Waals surface area (Å²) >= 11 is 0. The summed E-state index contributed by atoms with van der Waals surface area (Å²) in [5.74, 6) is -0.0421. The fraction of sp³-hybridized carbons (Fsp3) is 0.571. The lowest BCUT2D eigenvalue weighted by molar-refractivity contribution is -0.136. The molecule has 2 aliphatic heterocycles. The summed E-state index contributed by atoms with van der Waals surface area (Å²) in [6.07, 6.45) is 1.57. The Labute approximate surface area is 161 Å². The minimum atomic E-state index is -0.280. The number of benzene rings is 1. The van der Waals surface area contributed by atoms with Gasteiger partial charge in [0.05, 0.1) is 12.0 Å². The molecule has 1 aromatic carbocycles. The Balaban J connectivity index is 1.61. The molecule has 2 saturated heterocycles. The average molecular weight is 371 g/mol. The molecule has 146 valence electrons. The van der Waals surface area contributed by atoms with E-state index in [0.717, 1.165) is 12.0 Å². The molecule has 0 bridgehead atoms. The number of hydrogen-bond donors (Lipinski definition) is 0. The van der Waals surface area contributed by atoms with Crippen molar-refractivity contribution in [1.29, 1.82) is 0 Å². The van der Waals surface area contributed by atoms with Crippen molar-refractivity contribution < 1.29 is 14.4 Å². The van der Waals surface area contributed by atoms with Crippen LogP contribution >= 0.6 is 0 Å². The first-order valence-corrected chi connectivity index (χ1v) is 9.92. The number of hydrogen-bond acceptors (Lipinski definition) is 3. The normalized spacial score (nSPS) is 21.9. The predicted molar refractivity (Wildman–Crippen MR) is 103 cm³/mol. The van der Waals surface area contributed by atoms with Gasteiger partial charge in [-0.1, -0.05) is 37.3 Å². The third-order valence-corrected chi connectivity index (χ3v) is 5.72. The molecule has 6 nitrogen and oxygen atoms in total. The van der Waals surface area contributed by atoms with Crippen LogP contribution in [0.4, 0.5) is 0 Å². The van der Waals surface area contributed by atoms with Crippen LogP contribution in [0.5, 0.6) is 0 Å². The van der Waals surface area contributed by atoms with Gasteiger partial charge in [0, 0.05) is 45.6 Å². The molecule has 0 aliphatic carbocycles. The van der Waals surface area contributed by atoms with E-state index in [1.54, 1.807) is 0 Å². The number of carbonyl (C=O) groups excluding carboxylic acids is 3. The maximum atomic E-state index is 13.0. The zero-order valence-corrected chi connectivity index (χ0v) is 16.3. The van der Waals surface area contributed by atoms with Gasteiger partial charge in [0.25, 0.3) is 0 Å². The van der Waals surface area contributed by atoms with Crippen molar-refractivity contribution in [3.8, 4) is 0 Å². The molecule has 2 heterocycles. The van der Waals surface area contributed by atoms with Crippen LogP contribution in [-0.4, -0.2) is 65.1 Å². The minimum absolute atomic E-state index is 0.0294. The molecule has 0 spiro atoms. The van der Waals surface area contributed by atoms with Gasteiger partial charge in [0.2, 0.25) is 17.7 Å². The summed E-state index contributed by atoms with van der Waals surface area (Å²) in [6.45, 7) is 6.86. The van der Waals surface area contributed by atoms with E-state index in [1.165, 1.54) is 0 Å². The highest BCUT2D eigenvalue weighted by Crippen LogP contribution is 2.29. The van der Waals surface area contributed by atoms with Crippen LogP contribution in [0.3, 0.4) is 0 Å². The Hall–Kier alpha value is -2.37. The second kappa shape index (κ2) is 8.55. The number of amides is 3. The smallest absolute Gasteiger partial charge is 0.228 e. The van der Waals surface area contributed by atoms with Gasteiger partial charge in [0.15, 0.2) is 0 Å². The maximum absolute atomic E-state index is 13.0. The molecule has 27 heavy (non-hydrogen) atoms. The molecule has 2 unspecified atom stereocenters. The van der Waals surface area contributed by atoms with Crippen molar-refractivity contribution in [1.82, 2.24) is 14.7 Å². The summed E-state index contributed by atoms with van der Waals surface area (Å²) in [5, 5.41) is 0. The lowest BCUT2D eigenvalue weighted by atomic mass is 10.1. The maximum Gasteiger partial charge on any atom is 0.228 e. The molecule has 2 fully saturated rings. The average Bonchev–Trinajstić information content (AvgIpc) is 2.92. The minimum Gasteiger partial charge on any atom is -0.341 e. The van der Waals surface area contributed by atoms with Crippen LogP contribution in [0.15, 0.2) is 30.3 Å². The lowest BCUT2D eigenvalue weighted by Gasteiger charge is -2.27. The highest BCUT2D eigenvalue weighted by molar-refractivity contribution is 5.89. The molecular formula is C21H29N3O3. The second-order valence-electron chi connectivity index (χ2n) is 7.45. The quantitative estimate of drug-likeness (QED) is 0.814. The van der Waals surface area contributed by atoms with E-state index in [0.29, 0.717) is 39.1 Å². The summed E-state index contributed by atoms with van der Waals surface area (Å²) in [6, 6.07) is 9.90. The number of nitrogens with zero attached hydrogens (tertiary/aromatic N) is 3. The van der Waals surface area contributed by atoms with Gasteiger partial charge in [-0.2, -0.15) is 0 Å². The Kier molecular flexibility index (Phi) is 6.14. The Morgan fingerprint density at radius 2 is 1.74 bits per heavy atom. The third-order valence-electron chi connectivity index (χ3n) is 5.72. The highest BCUT2D eigenvalue weighted by atomic mass is 16.2. The van der Waals surface area contributed by atoms with E-state index in [-0.39, 0.29) is 36.1 Å². The summed E-state index contributed by atoms with van der Waals surface area (Å²) < 4.78 is 0. The molecule has 3 rings (SSSR count).